The van der Waals surface area contributed by atoms with Gasteiger partial charge in [0.05, 0.1) is 26.1 Å². The molecule has 7 heterocycles. The zero-order valence-electron chi connectivity index (χ0n) is 23.4. The van der Waals surface area contributed by atoms with E-state index in [2.05, 4.69) is 90.6 Å². The summed E-state index contributed by atoms with van der Waals surface area (Å²) in [5.41, 5.74) is 15.1. The predicted molar refractivity (Wildman–Crippen MR) is 172 cm³/mol. The van der Waals surface area contributed by atoms with Gasteiger partial charge >= 0.3 is 0 Å². The van der Waals surface area contributed by atoms with Gasteiger partial charge in [-0.15, -0.1) is 22.7 Å². The Morgan fingerprint density at radius 1 is 0.595 bits per heavy atom. The number of benzene rings is 2. The van der Waals surface area contributed by atoms with Crippen molar-refractivity contribution in [2.24, 2.45) is 0 Å². The van der Waals surface area contributed by atoms with Gasteiger partial charge in [0.2, 0.25) is 0 Å². The van der Waals surface area contributed by atoms with Gasteiger partial charge in [0.25, 0.3) is 0 Å². The Morgan fingerprint density at radius 2 is 1.31 bits per heavy atom. The van der Waals surface area contributed by atoms with Crippen molar-refractivity contribution in [3.8, 4) is 22.8 Å². The summed E-state index contributed by atoms with van der Waals surface area (Å²) in [5.74, 6) is 1.80. The second-order valence-corrected chi connectivity index (χ2v) is 13.9. The Morgan fingerprint density at radius 3 is 2.05 bits per heavy atom. The van der Waals surface area contributed by atoms with Crippen molar-refractivity contribution in [1.29, 1.82) is 0 Å². The number of fused-ring (bicyclic) bond motifs is 13. The van der Waals surface area contributed by atoms with Crippen molar-refractivity contribution in [1.82, 2.24) is 9.13 Å². The summed E-state index contributed by atoms with van der Waals surface area (Å²) in [7, 11) is 0. The van der Waals surface area contributed by atoms with Gasteiger partial charge in [0.1, 0.15) is 16.0 Å². The molecule has 0 radical (unpaired) electrons. The van der Waals surface area contributed by atoms with Crippen LogP contribution in [0.1, 0.15) is 32.9 Å². The van der Waals surface area contributed by atoms with E-state index in [1.165, 1.54) is 36.5 Å². The number of aromatic nitrogens is 2. The summed E-state index contributed by atoms with van der Waals surface area (Å²) in [4.78, 5) is 1.30. The predicted octanol–water partition coefficient (Wildman–Crippen LogP) is 10.7. The van der Waals surface area contributed by atoms with Crippen molar-refractivity contribution in [2.75, 3.05) is 0 Å². The monoisotopic (exact) mass is 584 g/mol. The molecule has 204 valence electrons. The van der Waals surface area contributed by atoms with Crippen LogP contribution in [0.25, 0.3) is 75.8 Å². The molecule has 42 heavy (non-hydrogen) atoms. The summed E-state index contributed by atoms with van der Waals surface area (Å²) >= 11 is 3.63. The molecule has 7 heteroatoms. The maximum Gasteiger partial charge on any atom is 0.191 e. The van der Waals surface area contributed by atoms with Gasteiger partial charge in [-0.1, -0.05) is 35.4 Å². The number of furan rings is 3. The number of thiophene rings is 2. The number of rotatable bonds is 2. The summed E-state index contributed by atoms with van der Waals surface area (Å²) in [6.45, 7) is 8.44. The van der Waals surface area contributed by atoms with E-state index in [0.717, 1.165) is 78.6 Å². The van der Waals surface area contributed by atoms with E-state index >= 15 is 0 Å². The normalized spacial score (nSPS) is 13.1. The Balaban J connectivity index is 1.26. The van der Waals surface area contributed by atoms with Crippen LogP contribution in [0.4, 0.5) is 0 Å². The highest BCUT2D eigenvalue weighted by Gasteiger charge is 2.37. The lowest BCUT2D eigenvalue weighted by molar-refractivity contribution is 0.576. The van der Waals surface area contributed by atoms with Gasteiger partial charge in [-0.05, 0) is 58.0 Å². The van der Waals surface area contributed by atoms with Crippen molar-refractivity contribution in [2.45, 2.75) is 34.1 Å². The molecule has 2 aromatic carbocycles. The molecule has 0 atom stereocenters. The van der Waals surface area contributed by atoms with E-state index < -0.39 is 0 Å². The van der Waals surface area contributed by atoms with E-state index in [1.807, 2.05) is 18.3 Å². The molecule has 0 N–H and O–H groups in total. The molecule has 1 aliphatic rings. The smallest absolute Gasteiger partial charge is 0.191 e. The number of nitrogens with zero attached hydrogens (tertiary/aromatic N) is 2. The molecule has 0 aliphatic heterocycles. The third-order valence-corrected chi connectivity index (χ3v) is 11.1. The zero-order chi connectivity index (χ0) is 28.0. The van der Waals surface area contributed by atoms with E-state index in [4.69, 9.17) is 13.3 Å². The fourth-order valence-corrected chi connectivity index (χ4v) is 9.20. The first-order valence-corrected chi connectivity index (χ1v) is 15.8. The molecular formula is C35H24N2O3S2. The molecule has 5 nitrogen and oxygen atoms in total. The van der Waals surface area contributed by atoms with Crippen molar-refractivity contribution < 1.29 is 13.3 Å². The largest absolute Gasteiger partial charge is 0.459 e. The van der Waals surface area contributed by atoms with Crippen molar-refractivity contribution in [3.05, 3.63) is 93.6 Å². The lowest BCUT2D eigenvalue weighted by atomic mass is 10.2. The fourth-order valence-electron chi connectivity index (χ4n) is 6.87. The first kappa shape index (κ1) is 23.1. The average Bonchev–Trinajstić information content (AvgIpc) is 3.80. The van der Waals surface area contributed by atoms with Crippen LogP contribution >= 0.6 is 22.7 Å². The summed E-state index contributed by atoms with van der Waals surface area (Å²) in [6, 6.07) is 21.8. The minimum Gasteiger partial charge on any atom is -0.459 e. The standard InChI is InChI=1S/C35H24N2O3S2/c1-16-5-9-20(10-6-16)36-24-13-18(3)38-28(24)22-15-23-29(26(22)36)39-32-30(23)40-31-27-34(42-35(31)32)33-25(14-19(4)41-33)37(27)21-11-7-17(2)8-12-21/h5-14H,15H2,1-4H3. The quantitative estimate of drug-likeness (QED) is 0.203. The third kappa shape index (κ3) is 2.78. The molecule has 0 bridgehead atoms. The van der Waals surface area contributed by atoms with Crippen LogP contribution in [0.5, 0.6) is 0 Å². The summed E-state index contributed by atoms with van der Waals surface area (Å²) < 4.78 is 28.2. The molecule has 0 saturated carbocycles. The van der Waals surface area contributed by atoms with Crippen molar-refractivity contribution in [3.63, 3.8) is 0 Å². The van der Waals surface area contributed by atoms with E-state index in [-0.39, 0.29) is 0 Å². The molecular weight excluding hydrogens is 561 g/mol. The highest BCUT2D eigenvalue weighted by Crippen LogP contribution is 2.54. The summed E-state index contributed by atoms with van der Waals surface area (Å²) in [5, 5.41) is 0. The molecule has 0 unspecified atom stereocenters. The van der Waals surface area contributed by atoms with Gasteiger partial charge in [-0.2, -0.15) is 0 Å². The zero-order valence-corrected chi connectivity index (χ0v) is 25.0. The molecule has 0 saturated heterocycles. The third-order valence-electron chi connectivity index (χ3n) is 8.73. The number of hydrogen-bond acceptors (Lipinski definition) is 5. The number of aryl methyl sites for hydroxylation is 4. The Bertz CT molecular complexity index is 2570. The maximum absolute atomic E-state index is 6.84. The molecule has 0 amide bonds. The lowest BCUT2D eigenvalue weighted by Crippen LogP contribution is -1.95. The van der Waals surface area contributed by atoms with Gasteiger partial charge in [0, 0.05) is 39.9 Å². The molecule has 7 aromatic heterocycles. The van der Waals surface area contributed by atoms with Crippen molar-refractivity contribution >= 4 is 75.7 Å². The van der Waals surface area contributed by atoms with Gasteiger partial charge in [-0.3, -0.25) is 0 Å². The Hall–Kier alpha value is -4.46. The van der Waals surface area contributed by atoms with Crippen LogP contribution < -0.4 is 0 Å². The average molecular weight is 585 g/mol. The van der Waals surface area contributed by atoms with E-state index in [9.17, 15) is 0 Å². The molecule has 9 aromatic rings. The van der Waals surface area contributed by atoms with Crippen LogP contribution in [0, 0.1) is 27.7 Å². The first-order chi connectivity index (χ1) is 20.4. The number of hydrogen-bond donors (Lipinski definition) is 0. The second kappa shape index (κ2) is 7.68. The molecule has 10 rings (SSSR count). The summed E-state index contributed by atoms with van der Waals surface area (Å²) in [6.07, 6.45) is 0.719. The van der Waals surface area contributed by atoms with Crippen LogP contribution in [0.2, 0.25) is 0 Å². The van der Waals surface area contributed by atoms with Crippen LogP contribution in [-0.4, -0.2) is 9.13 Å². The first-order valence-electron chi connectivity index (χ1n) is 14.1. The molecule has 0 spiro atoms. The fraction of sp³-hybridized carbons (Fsp3) is 0.143. The Kier molecular flexibility index (Phi) is 4.23. The topological polar surface area (TPSA) is 49.3 Å². The highest BCUT2D eigenvalue weighted by atomic mass is 32.1. The highest BCUT2D eigenvalue weighted by molar-refractivity contribution is 7.31. The van der Waals surface area contributed by atoms with Crippen LogP contribution in [-0.2, 0) is 6.42 Å². The van der Waals surface area contributed by atoms with Crippen LogP contribution in [0.15, 0.2) is 73.9 Å². The molecule has 1 aliphatic carbocycles. The lowest BCUT2D eigenvalue weighted by Gasteiger charge is -2.08. The van der Waals surface area contributed by atoms with E-state index in [0.29, 0.717) is 0 Å². The van der Waals surface area contributed by atoms with Crippen LogP contribution in [0.3, 0.4) is 0 Å². The maximum atomic E-state index is 6.84. The van der Waals surface area contributed by atoms with Gasteiger partial charge in [0.15, 0.2) is 28.1 Å². The minimum absolute atomic E-state index is 0.719. The van der Waals surface area contributed by atoms with Gasteiger partial charge < -0.3 is 22.4 Å². The van der Waals surface area contributed by atoms with Gasteiger partial charge in [-0.25, -0.2) is 0 Å². The molecule has 0 fully saturated rings. The van der Waals surface area contributed by atoms with E-state index in [1.54, 1.807) is 11.3 Å². The second-order valence-electron chi connectivity index (χ2n) is 11.6. The SMILES string of the molecule is Cc1ccc(-n2c3c(c4oc(C)cc42)Cc2c-3oc3c2oc2c3sc3c4sc(C)cc4n(-c4ccc(C)cc4)c23)cc1. The minimum atomic E-state index is 0.719. The Labute approximate surface area is 247 Å².